The quantitative estimate of drug-likeness (QED) is 0.707. The highest BCUT2D eigenvalue weighted by Gasteiger charge is 2.43. The average molecular weight is 176 g/mol. The first-order valence-corrected chi connectivity index (χ1v) is 5.12. The lowest BCUT2D eigenvalue weighted by molar-refractivity contribution is 0.634. The third-order valence-corrected chi connectivity index (χ3v) is 3.14. The van der Waals surface area contributed by atoms with Crippen molar-refractivity contribution in [3.63, 3.8) is 0 Å². The standard InChI is InChI=1S/C11H16N2/c1-3-9-7-13-10(8-12-9)11(4-2)5-6-11/h7-8H,3-6H2,1-2H3. The predicted octanol–water partition coefficient (Wildman–Crippen LogP) is 2.48. The van der Waals surface area contributed by atoms with Gasteiger partial charge in [0.05, 0.1) is 11.4 Å². The van der Waals surface area contributed by atoms with Gasteiger partial charge in [-0.1, -0.05) is 13.8 Å². The first-order chi connectivity index (χ1) is 6.30. The number of hydrogen-bond donors (Lipinski definition) is 0. The van der Waals surface area contributed by atoms with Crippen LogP contribution in [0.2, 0.25) is 0 Å². The minimum absolute atomic E-state index is 0.402. The van der Waals surface area contributed by atoms with Gasteiger partial charge in [0, 0.05) is 17.8 Å². The van der Waals surface area contributed by atoms with Crippen molar-refractivity contribution in [1.82, 2.24) is 9.97 Å². The van der Waals surface area contributed by atoms with Crippen LogP contribution in [-0.2, 0) is 11.8 Å². The monoisotopic (exact) mass is 176 g/mol. The van der Waals surface area contributed by atoms with Gasteiger partial charge in [0.1, 0.15) is 0 Å². The van der Waals surface area contributed by atoms with Crippen molar-refractivity contribution >= 4 is 0 Å². The summed E-state index contributed by atoms with van der Waals surface area (Å²) in [6.45, 7) is 4.35. The molecule has 0 aromatic carbocycles. The van der Waals surface area contributed by atoms with E-state index in [2.05, 4.69) is 23.8 Å². The summed E-state index contributed by atoms with van der Waals surface area (Å²) >= 11 is 0. The largest absolute Gasteiger partial charge is 0.258 e. The van der Waals surface area contributed by atoms with Gasteiger partial charge in [0.2, 0.25) is 0 Å². The van der Waals surface area contributed by atoms with Crippen LogP contribution in [0.3, 0.4) is 0 Å². The number of aromatic nitrogens is 2. The van der Waals surface area contributed by atoms with E-state index in [9.17, 15) is 0 Å². The summed E-state index contributed by atoms with van der Waals surface area (Å²) in [5.74, 6) is 0. The highest BCUT2D eigenvalue weighted by molar-refractivity contribution is 5.22. The molecule has 0 aliphatic heterocycles. The number of aryl methyl sites for hydroxylation is 1. The van der Waals surface area contributed by atoms with E-state index in [1.807, 2.05) is 12.4 Å². The summed E-state index contributed by atoms with van der Waals surface area (Å²) in [5.41, 5.74) is 2.70. The fraction of sp³-hybridized carbons (Fsp3) is 0.636. The number of rotatable bonds is 3. The van der Waals surface area contributed by atoms with Crippen molar-refractivity contribution in [3.8, 4) is 0 Å². The highest BCUT2D eigenvalue weighted by Crippen LogP contribution is 2.49. The summed E-state index contributed by atoms with van der Waals surface area (Å²) < 4.78 is 0. The molecule has 0 amide bonds. The maximum Gasteiger partial charge on any atom is 0.0648 e. The predicted molar refractivity (Wildman–Crippen MR) is 52.6 cm³/mol. The van der Waals surface area contributed by atoms with Gasteiger partial charge in [-0.2, -0.15) is 0 Å². The van der Waals surface area contributed by atoms with Crippen LogP contribution in [0, 0.1) is 0 Å². The zero-order valence-corrected chi connectivity index (χ0v) is 8.38. The van der Waals surface area contributed by atoms with Gasteiger partial charge in [-0.05, 0) is 25.7 Å². The molecule has 1 aromatic rings. The summed E-state index contributed by atoms with van der Waals surface area (Å²) in [6, 6.07) is 0. The van der Waals surface area contributed by atoms with Crippen LogP contribution in [0.25, 0.3) is 0 Å². The molecule has 1 fully saturated rings. The van der Waals surface area contributed by atoms with Gasteiger partial charge in [-0.3, -0.25) is 9.97 Å². The Labute approximate surface area is 79.4 Å². The highest BCUT2D eigenvalue weighted by atomic mass is 14.8. The molecule has 13 heavy (non-hydrogen) atoms. The minimum atomic E-state index is 0.402. The van der Waals surface area contributed by atoms with E-state index in [1.54, 1.807) is 0 Å². The van der Waals surface area contributed by atoms with Crippen molar-refractivity contribution < 1.29 is 0 Å². The molecular formula is C11H16N2. The smallest absolute Gasteiger partial charge is 0.0648 e. The maximum atomic E-state index is 4.49. The van der Waals surface area contributed by atoms with Crippen LogP contribution in [-0.4, -0.2) is 9.97 Å². The van der Waals surface area contributed by atoms with Crippen LogP contribution >= 0.6 is 0 Å². The van der Waals surface area contributed by atoms with Gasteiger partial charge in [-0.15, -0.1) is 0 Å². The van der Waals surface area contributed by atoms with Crippen LogP contribution < -0.4 is 0 Å². The van der Waals surface area contributed by atoms with E-state index in [0.717, 1.165) is 12.1 Å². The van der Waals surface area contributed by atoms with Gasteiger partial charge in [-0.25, -0.2) is 0 Å². The summed E-state index contributed by atoms with van der Waals surface area (Å²) in [7, 11) is 0. The fourth-order valence-corrected chi connectivity index (χ4v) is 1.75. The molecular weight excluding hydrogens is 160 g/mol. The summed E-state index contributed by atoms with van der Waals surface area (Å²) in [4.78, 5) is 8.88. The van der Waals surface area contributed by atoms with Gasteiger partial charge in [0.25, 0.3) is 0 Å². The fourth-order valence-electron chi connectivity index (χ4n) is 1.75. The van der Waals surface area contributed by atoms with E-state index in [1.165, 1.54) is 25.0 Å². The van der Waals surface area contributed by atoms with E-state index < -0.39 is 0 Å². The first-order valence-electron chi connectivity index (χ1n) is 5.12. The Morgan fingerprint density at radius 3 is 2.38 bits per heavy atom. The van der Waals surface area contributed by atoms with Gasteiger partial charge >= 0.3 is 0 Å². The molecule has 1 aliphatic rings. The molecule has 2 heteroatoms. The topological polar surface area (TPSA) is 25.8 Å². The van der Waals surface area contributed by atoms with E-state index >= 15 is 0 Å². The zero-order chi connectivity index (χ0) is 9.31. The van der Waals surface area contributed by atoms with Crippen molar-refractivity contribution in [2.45, 2.75) is 44.9 Å². The Kier molecular flexibility index (Phi) is 2.06. The SMILES string of the molecule is CCc1cnc(C2(CC)CC2)cn1. The molecule has 0 saturated heterocycles. The molecule has 0 radical (unpaired) electrons. The number of nitrogens with zero attached hydrogens (tertiary/aromatic N) is 2. The van der Waals surface area contributed by atoms with E-state index in [-0.39, 0.29) is 0 Å². The Morgan fingerprint density at radius 2 is 2.00 bits per heavy atom. The Morgan fingerprint density at radius 1 is 1.23 bits per heavy atom. The molecule has 2 rings (SSSR count). The Hall–Kier alpha value is -0.920. The normalized spacial score (nSPS) is 18.6. The first kappa shape index (κ1) is 8.67. The van der Waals surface area contributed by atoms with Crippen LogP contribution in [0.15, 0.2) is 12.4 Å². The number of hydrogen-bond acceptors (Lipinski definition) is 2. The van der Waals surface area contributed by atoms with Crippen molar-refractivity contribution in [3.05, 3.63) is 23.8 Å². The van der Waals surface area contributed by atoms with Crippen molar-refractivity contribution in [1.29, 1.82) is 0 Å². The second kappa shape index (κ2) is 3.09. The summed E-state index contributed by atoms with van der Waals surface area (Å²) in [6.07, 6.45) is 8.66. The van der Waals surface area contributed by atoms with E-state index in [4.69, 9.17) is 0 Å². The average Bonchev–Trinajstić information content (AvgIpc) is 2.99. The third-order valence-electron chi connectivity index (χ3n) is 3.14. The molecule has 0 bridgehead atoms. The maximum absolute atomic E-state index is 4.49. The lowest BCUT2D eigenvalue weighted by atomic mass is 10.00. The summed E-state index contributed by atoms with van der Waals surface area (Å²) in [5, 5.41) is 0. The molecule has 1 aliphatic carbocycles. The van der Waals surface area contributed by atoms with Crippen molar-refractivity contribution in [2.75, 3.05) is 0 Å². The molecule has 70 valence electrons. The zero-order valence-electron chi connectivity index (χ0n) is 8.38. The van der Waals surface area contributed by atoms with Gasteiger partial charge < -0.3 is 0 Å². The van der Waals surface area contributed by atoms with Crippen LogP contribution in [0.5, 0.6) is 0 Å². The second-order valence-corrected chi connectivity index (χ2v) is 3.88. The molecule has 0 atom stereocenters. The Balaban J connectivity index is 2.23. The van der Waals surface area contributed by atoms with E-state index in [0.29, 0.717) is 5.41 Å². The third kappa shape index (κ3) is 1.45. The molecule has 1 heterocycles. The molecule has 1 saturated carbocycles. The molecule has 0 spiro atoms. The lowest BCUT2D eigenvalue weighted by Gasteiger charge is -2.10. The molecule has 2 nitrogen and oxygen atoms in total. The van der Waals surface area contributed by atoms with Crippen LogP contribution in [0.4, 0.5) is 0 Å². The molecule has 0 unspecified atom stereocenters. The Bertz CT molecular complexity index is 285. The van der Waals surface area contributed by atoms with Crippen molar-refractivity contribution in [2.24, 2.45) is 0 Å². The minimum Gasteiger partial charge on any atom is -0.258 e. The molecule has 0 N–H and O–H groups in total. The van der Waals surface area contributed by atoms with Crippen LogP contribution in [0.1, 0.15) is 44.5 Å². The van der Waals surface area contributed by atoms with Gasteiger partial charge in [0.15, 0.2) is 0 Å². The lowest BCUT2D eigenvalue weighted by Crippen LogP contribution is -2.08. The second-order valence-electron chi connectivity index (χ2n) is 3.88. The molecule has 1 aromatic heterocycles.